The van der Waals surface area contributed by atoms with E-state index in [0.29, 0.717) is 23.8 Å². The predicted molar refractivity (Wildman–Crippen MR) is 116 cm³/mol. The summed E-state index contributed by atoms with van der Waals surface area (Å²) in [5.74, 6) is 0.595. The van der Waals surface area contributed by atoms with Crippen LogP contribution in [0.15, 0.2) is 65.7 Å². The van der Waals surface area contributed by atoms with Gasteiger partial charge in [0.15, 0.2) is 5.78 Å². The molecule has 0 fully saturated rings. The van der Waals surface area contributed by atoms with Crippen molar-refractivity contribution >= 4 is 24.1 Å². The average molecular weight is 411 g/mol. The van der Waals surface area contributed by atoms with Crippen molar-refractivity contribution < 1.29 is 4.79 Å². The summed E-state index contributed by atoms with van der Waals surface area (Å²) < 4.78 is 1.68. The highest BCUT2D eigenvalue weighted by Crippen LogP contribution is 2.26. The minimum absolute atomic E-state index is 0. The number of fused-ring (bicyclic) bond motifs is 1. The molecule has 0 spiro atoms. The summed E-state index contributed by atoms with van der Waals surface area (Å²) in [7, 11) is 0. The van der Waals surface area contributed by atoms with E-state index in [1.165, 1.54) is 0 Å². The molecule has 1 aliphatic heterocycles. The Balaban J connectivity index is 0.00000240. The number of nitrogens with zero attached hydrogens (tertiary/aromatic N) is 4. The minimum atomic E-state index is -0.0940. The van der Waals surface area contributed by atoms with E-state index in [-0.39, 0.29) is 36.3 Å². The predicted octanol–water partition coefficient (Wildman–Crippen LogP) is 3.60. The number of pyridine rings is 1. The van der Waals surface area contributed by atoms with Crippen molar-refractivity contribution in [1.29, 1.82) is 0 Å². The van der Waals surface area contributed by atoms with E-state index in [1.54, 1.807) is 23.0 Å². The standard InChI is InChI=1S/C22H22N4O2.ClH/c1-2-18-10-13-25-21(28)14-19(16-8-11-23-12-9-16)24-22(25)26(18)15-20(27)17-6-4-3-5-7-17;/h3-9,11-12,14,18H,2,10,13,15H2,1H3;1H. The number of anilines is 1. The van der Waals surface area contributed by atoms with E-state index in [4.69, 9.17) is 4.98 Å². The molecule has 0 bridgehead atoms. The summed E-state index contributed by atoms with van der Waals surface area (Å²) in [4.78, 5) is 36.4. The molecule has 0 amide bonds. The molecule has 0 saturated carbocycles. The van der Waals surface area contributed by atoms with Gasteiger partial charge < -0.3 is 4.90 Å². The van der Waals surface area contributed by atoms with Crippen molar-refractivity contribution in [2.45, 2.75) is 32.4 Å². The topological polar surface area (TPSA) is 68.1 Å². The molecule has 0 aliphatic carbocycles. The number of halogens is 1. The van der Waals surface area contributed by atoms with Gasteiger partial charge in [-0.2, -0.15) is 0 Å². The lowest BCUT2D eigenvalue weighted by Gasteiger charge is -2.37. The zero-order valence-electron chi connectivity index (χ0n) is 16.2. The van der Waals surface area contributed by atoms with E-state index in [1.807, 2.05) is 47.4 Å². The third-order valence-electron chi connectivity index (χ3n) is 5.23. The Morgan fingerprint density at radius 3 is 2.55 bits per heavy atom. The molecule has 0 radical (unpaired) electrons. The summed E-state index contributed by atoms with van der Waals surface area (Å²) in [6.07, 6.45) is 5.07. The van der Waals surface area contributed by atoms with E-state index < -0.39 is 0 Å². The van der Waals surface area contributed by atoms with Crippen molar-refractivity contribution in [3.63, 3.8) is 0 Å². The molecule has 6 nitrogen and oxygen atoms in total. The van der Waals surface area contributed by atoms with E-state index in [9.17, 15) is 9.59 Å². The summed E-state index contributed by atoms with van der Waals surface area (Å²) in [6.45, 7) is 2.92. The molecular weight excluding hydrogens is 388 g/mol. The second-order valence-corrected chi connectivity index (χ2v) is 6.93. The van der Waals surface area contributed by atoms with Gasteiger partial charge in [-0.1, -0.05) is 37.3 Å². The molecule has 3 aromatic rings. The average Bonchev–Trinajstić information content (AvgIpc) is 2.75. The molecule has 1 aliphatic rings. The Bertz CT molecular complexity index is 1040. The van der Waals surface area contributed by atoms with Crippen LogP contribution in [-0.4, -0.2) is 32.9 Å². The Labute approximate surface area is 175 Å². The Kier molecular flexibility index (Phi) is 6.44. The number of hydrogen-bond acceptors (Lipinski definition) is 5. The fourth-order valence-corrected chi connectivity index (χ4v) is 3.69. The Morgan fingerprint density at radius 1 is 1.14 bits per heavy atom. The van der Waals surface area contributed by atoms with Gasteiger partial charge in [-0.25, -0.2) is 4.98 Å². The van der Waals surface area contributed by atoms with Crippen LogP contribution < -0.4 is 10.5 Å². The lowest BCUT2D eigenvalue weighted by atomic mass is 10.0. The number of Topliss-reactive ketones (excluding diaryl/α,β-unsaturated/α-hetero) is 1. The summed E-state index contributed by atoms with van der Waals surface area (Å²) in [6, 6.07) is 14.6. The van der Waals surface area contributed by atoms with Crippen LogP contribution in [-0.2, 0) is 6.54 Å². The molecule has 3 heterocycles. The van der Waals surface area contributed by atoms with Crippen molar-refractivity contribution in [2.24, 2.45) is 0 Å². The summed E-state index contributed by atoms with van der Waals surface area (Å²) in [5, 5.41) is 0. The first-order valence-corrected chi connectivity index (χ1v) is 9.54. The van der Waals surface area contributed by atoms with Crippen LogP contribution in [0.3, 0.4) is 0 Å². The SMILES string of the molecule is CCC1CCn2c(nc(-c3ccncc3)cc2=O)N1CC(=O)c1ccccc1.Cl. The van der Waals surface area contributed by atoms with Gasteiger partial charge in [-0.15, -0.1) is 12.4 Å². The number of carbonyl (C=O) groups excluding carboxylic acids is 1. The molecule has 1 atom stereocenters. The number of carbonyl (C=O) groups is 1. The fourth-order valence-electron chi connectivity index (χ4n) is 3.69. The number of rotatable bonds is 5. The number of aromatic nitrogens is 3. The number of ketones is 1. The van der Waals surface area contributed by atoms with Crippen LogP contribution >= 0.6 is 12.4 Å². The van der Waals surface area contributed by atoms with Gasteiger partial charge >= 0.3 is 0 Å². The fraction of sp³-hybridized carbons (Fsp3) is 0.273. The monoisotopic (exact) mass is 410 g/mol. The quantitative estimate of drug-likeness (QED) is 0.601. The first-order valence-electron chi connectivity index (χ1n) is 9.54. The highest BCUT2D eigenvalue weighted by molar-refractivity contribution is 5.99. The molecule has 4 rings (SSSR count). The molecule has 0 N–H and O–H groups in total. The van der Waals surface area contributed by atoms with Crippen LogP contribution in [0, 0.1) is 0 Å². The first-order chi connectivity index (χ1) is 13.7. The smallest absolute Gasteiger partial charge is 0.255 e. The second kappa shape index (κ2) is 9.01. The van der Waals surface area contributed by atoms with Crippen molar-refractivity contribution in [2.75, 3.05) is 11.4 Å². The Hall–Kier alpha value is -2.99. The molecule has 2 aromatic heterocycles. The molecule has 150 valence electrons. The van der Waals surface area contributed by atoms with Gasteiger partial charge in [-0.05, 0) is 25.0 Å². The van der Waals surface area contributed by atoms with Gasteiger partial charge in [0.2, 0.25) is 5.95 Å². The maximum Gasteiger partial charge on any atom is 0.255 e. The summed E-state index contributed by atoms with van der Waals surface area (Å²) in [5.41, 5.74) is 2.02. The van der Waals surface area contributed by atoms with Crippen molar-refractivity contribution in [1.82, 2.24) is 14.5 Å². The highest BCUT2D eigenvalue weighted by Gasteiger charge is 2.29. The molecule has 1 unspecified atom stereocenters. The van der Waals surface area contributed by atoms with Crippen LogP contribution in [0.1, 0.15) is 30.1 Å². The van der Waals surface area contributed by atoms with Gasteiger partial charge in [0, 0.05) is 42.2 Å². The van der Waals surface area contributed by atoms with Crippen LogP contribution in [0.5, 0.6) is 0 Å². The van der Waals surface area contributed by atoms with Gasteiger partial charge in [0.05, 0.1) is 12.2 Å². The second-order valence-electron chi connectivity index (χ2n) is 6.93. The van der Waals surface area contributed by atoms with Crippen LogP contribution in [0.2, 0.25) is 0 Å². The summed E-state index contributed by atoms with van der Waals surface area (Å²) >= 11 is 0. The van der Waals surface area contributed by atoms with Gasteiger partial charge in [0.1, 0.15) is 0 Å². The molecule has 1 aromatic carbocycles. The highest BCUT2D eigenvalue weighted by atomic mass is 35.5. The maximum atomic E-state index is 12.9. The largest absolute Gasteiger partial charge is 0.331 e. The van der Waals surface area contributed by atoms with Crippen LogP contribution in [0.25, 0.3) is 11.3 Å². The molecule has 7 heteroatoms. The van der Waals surface area contributed by atoms with Gasteiger partial charge in [0.25, 0.3) is 5.56 Å². The third-order valence-corrected chi connectivity index (χ3v) is 5.23. The van der Waals surface area contributed by atoms with Crippen molar-refractivity contribution in [3.05, 3.63) is 76.8 Å². The molecular formula is C22H23ClN4O2. The number of hydrogen-bond donors (Lipinski definition) is 0. The zero-order chi connectivity index (χ0) is 19.5. The lowest BCUT2D eigenvalue weighted by Crippen LogP contribution is -2.47. The Morgan fingerprint density at radius 2 is 1.86 bits per heavy atom. The van der Waals surface area contributed by atoms with Crippen molar-refractivity contribution in [3.8, 4) is 11.3 Å². The normalized spacial score (nSPS) is 15.3. The maximum absolute atomic E-state index is 12.9. The molecule has 0 saturated heterocycles. The first kappa shape index (κ1) is 20.7. The van der Waals surface area contributed by atoms with Crippen LogP contribution in [0.4, 0.5) is 5.95 Å². The zero-order valence-corrected chi connectivity index (χ0v) is 17.0. The third kappa shape index (κ3) is 4.22. The molecule has 29 heavy (non-hydrogen) atoms. The minimum Gasteiger partial charge on any atom is -0.331 e. The van der Waals surface area contributed by atoms with E-state index >= 15 is 0 Å². The number of benzene rings is 1. The van der Waals surface area contributed by atoms with E-state index in [0.717, 1.165) is 18.4 Å². The van der Waals surface area contributed by atoms with Gasteiger partial charge in [-0.3, -0.25) is 19.1 Å². The lowest BCUT2D eigenvalue weighted by molar-refractivity contribution is 0.0994. The van der Waals surface area contributed by atoms with E-state index in [2.05, 4.69) is 11.9 Å².